The van der Waals surface area contributed by atoms with E-state index in [0.717, 1.165) is 0 Å². The highest BCUT2D eigenvalue weighted by Gasteiger charge is 2.31. The third-order valence-electron chi connectivity index (χ3n) is 1.21. The molecular weight excluding hydrogens is 236 g/mol. The van der Waals surface area contributed by atoms with Gasteiger partial charge in [-0.15, -0.1) is 0 Å². The van der Waals surface area contributed by atoms with Gasteiger partial charge < -0.3 is 0 Å². The Morgan fingerprint density at radius 1 is 1.07 bits per heavy atom. The van der Waals surface area contributed by atoms with Crippen LogP contribution in [0.1, 0.15) is 20.3 Å². The molecule has 0 aliphatic rings. The Bertz CT molecular complexity index is 209. The largest absolute Gasteiger partial charge is 0.474 e. The molecule has 0 saturated heterocycles. The highest BCUT2D eigenvalue weighted by atomic mass is 31.2. The SMILES string of the molecule is CCOP(=O)(OCC)OCCC(F)(F)F. The molecule has 15 heavy (non-hydrogen) atoms. The van der Waals surface area contributed by atoms with Crippen LogP contribution < -0.4 is 0 Å². The van der Waals surface area contributed by atoms with E-state index < -0.39 is 27.0 Å². The van der Waals surface area contributed by atoms with Crippen LogP contribution in [0.2, 0.25) is 0 Å². The molecule has 0 N–H and O–H groups in total. The molecule has 0 bridgehead atoms. The lowest BCUT2D eigenvalue weighted by molar-refractivity contribution is -0.140. The second-order valence-electron chi connectivity index (χ2n) is 2.48. The van der Waals surface area contributed by atoms with Gasteiger partial charge in [-0.1, -0.05) is 0 Å². The van der Waals surface area contributed by atoms with Gasteiger partial charge in [0.2, 0.25) is 0 Å². The number of halogens is 3. The predicted octanol–water partition coefficient (Wildman–Crippen LogP) is 3.14. The maximum atomic E-state index is 11.8. The van der Waals surface area contributed by atoms with Crippen molar-refractivity contribution in [3.63, 3.8) is 0 Å². The number of phosphoric ester groups is 1. The van der Waals surface area contributed by atoms with Crippen molar-refractivity contribution in [1.29, 1.82) is 0 Å². The quantitative estimate of drug-likeness (QED) is 0.651. The van der Waals surface area contributed by atoms with Crippen molar-refractivity contribution >= 4 is 7.82 Å². The van der Waals surface area contributed by atoms with Crippen LogP contribution >= 0.6 is 7.82 Å². The first-order valence-electron chi connectivity index (χ1n) is 4.43. The second kappa shape index (κ2) is 6.48. The molecule has 0 spiro atoms. The Morgan fingerprint density at radius 3 is 1.87 bits per heavy atom. The lowest BCUT2D eigenvalue weighted by atomic mass is 10.5. The fourth-order valence-corrected chi connectivity index (χ4v) is 1.87. The van der Waals surface area contributed by atoms with Gasteiger partial charge in [-0.2, -0.15) is 13.2 Å². The van der Waals surface area contributed by atoms with Crippen LogP contribution in [0.15, 0.2) is 0 Å². The van der Waals surface area contributed by atoms with Crippen molar-refractivity contribution in [2.24, 2.45) is 0 Å². The molecule has 0 aliphatic carbocycles. The van der Waals surface area contributed by atoms with Gasteiger partial charge in [-0.3, -0.25) is 13.6 Å². The molecule has 0 aliphatic heterocycles. The molecule has 0 amide bonds. The molecule has 0 fully saturated rings. The van der Waals surface area contributed by atoms with Crippen LogP contribution in [-0.4, -0.2) is 26.0 Å². The topological polar surface area (TPSA) is 44.8 Å². The van der Waals surface area contributed by atoms with Gasteiger partial charge >= 0.3 is 14.0 Å². The fraction of sp³-hybridized carbons (Fsp3) is 1.00. The number of hydrogen-bond acceptors (Lipinski definition) is 4. The molecule has 0 aromatic carbocycles. The van der Waals surface area contributed by atoms with Crippen molar-refractivity contribution < 1.29 is 31.3 Å². The first-order chi connectivity index (χ1) is 6.83. The van der Waals surface area contributed by atoms with Crippen LogP contribution in [-0.2, 0) is 18.1 Å². The third kappa shape index (κ3) is 7.79. The summed E-state index contributed by atoms with van der Waals surface area (Å²) in [6.07, 6.45) is -5.53. The molecule has 8 heteroatoms. The molecule has 0 heterocycles. The van der Waals surface area contributed by atoms with E-state index in [-0.39, 0.29) is 13.2 Å². The molecule has 0 aromatic rings. The molecule has 4 nitrogen and oxygen atoms in total. The van der Waals surface area contributed by atoms with E-state index in [1.54, 1.807) is 13.8 Å². The molecule has 0 atom stereocenters. The maximum absolute atomic E-state index is 11.8. The van der Waals surface area contributed by atoms with E-state index >= 15 is 0 Å². The maximum Gasteiger partial charge on any atom is 0.474 e. The van der Waals surface area contributed by atoms with Gasteiger partial charge in [-0.05, 0) is 13.8 Å². The van der Waals surface area contributed by atoms with E-state index in [9.17, 15) is 17.7 Å². The molecule has 0 radical (unpaired) electrons. The molecule has 92 valence electrons. The summed E-state index contributed by atoms with van der Waals surface area (Å²) >= 11 is 0. The van der Waals surface area contributed by atoms with E-state index in [0.29, 0.717) is 0 Å². The summed E-state index contributed by atoms with van der Waals surface area (Å²) < 4.78 is 60.5. The summed E-state index contributed by atoms with van der Waals surface area (Å²) in [5, 5.41) is 0. The van der Waals surface area contributed by atoms with Crippen LogP contribution in [0.4, 0.5) is 13.2 Å². The van der Waals surface area contributed by atoms with Gasteiger partial charge in [0.15, 0.2) is 0 Å². The Balaban J connectivity index is 4.02. The first kappa shape index (κ1) is 14.9. The smallest absolute Gasteiger partial charge is 0.287 e. The van der Waals surface area contributed by atoms with Crippen molar-refractivity contribution in [3.8, 4) is 0 Å². The average Bonchev–Trinajstić information content (AvgIpc) is 2.01. The number of rotatable bonds is 7. The predicted molar refractivity (Wildman–Crippen MR) is 47.5 cm³/mol. The molecule has 0 unspecified atom stereocenters. The second-order valence-corrected chi connectivity index (χ2v) is 4.15. The minimum atomic E-state index is -4.34. The standard InChI is InChI=1S/C7H14F3O4P/c1-3-12-15(11,13-4-2)14-6-5-7(8,9)10/h3-6H2,1-2H3. The first-order valence-corrected chi connectivity index (χ1v) is 5.89. The van der Waals surface area contributed by atoms with Crippen molar-refractivity contribution in [3.05, 3.63) is 0 Å². The normalized spacial score (nSPS) is 13.1. The van der Waals surface area contributed by atoms with Crippen molar-refractivity contribution in [1.82, 2.24) is 0 Å². The van der Waals surface area contributed by atoms with Crippen molar-refractivity contribution in [2.75, 3.05) is 19.8 Å². The van der Waals surface area contributed by atoms with E-state index in [1.807, 2.05) is 0 Å². The summed E-state index contributed by atoms with van der Waals surface area (Å²) in [5.41, 5.74) is 0. The number of alkyl halides is 3. The van der Waals surface area contributed by atoms with E-state index in [2.05, 4.69) is 13.6 Å². The van der Waals surface area contributed by atoms with E-state index in [1.165, 1.54) is 0 Å². The summed E-state index contributed by atoms with van der Waals surface area (Å²) in [6.45, 7) is 2.44. The number of phosphoric acid groups is 1. The summed E-state index contributed by atoms with van der Waals surface area (Å²) in [6, 6.07) is 0. The van der Waals surface area contributed by atoms with Gasteiger partial charge in [0, 0.05) is 0 Å². The monoisotopic (exact) mass is 250 g/mol. The molecule has 0 saturated carbocycles. The fourth-order valence-electron chi connectivity index (χ4n) is 0.701. The Morgan fingerprint density at radius 2 is 1.53 bits per heavy atom. The van der Waals surface area contributed by atoms with Crippen LogP contribution in [0.5, 0.6) is 0 Å². The summed E-state index contributed by atoms with van der Waals surface area (Å²) in [7, 11) is -3.81. The summed E-state index contributed by atoms with van der Waals surface area (Å²) in [4.78, 5) is 0. The van der Waals surface area contributed by atoms with Gasteiger partial charge in [0.1, 0.15) is 0 Å². The Kier molecular flexibility index (Phi) is 6.43. The minimum Gasteiger partial charge on any atom is -0.287 e. The van der Waals surface area contributed by atoms with Gasteiger partial charge in [0.25, 0.3) is 0 Å². The lowest BCUT2D eigenvalue weighted by Gasteiger charge is -2.16. The zero-order valence-electron chi connectivity index (χ0n) is 8.54. The van der Waals surface area contributed by atoms with Gasteiger partial charge in [-0.25, -0.2) is 4.57 Å². The van der Waals surface area contributed by atoms with Crippen LogP contribution in [0.3, 0.4) is 0 Å². The lowest BCUT2D eigenvalue weighted by Crippen LogP contribution is -2.12. The highest BCUT2D eigenvalue weighted by molar-refractivity contribution is 7.48. The molecular formula is C7H14F3O4P. The zero-order chi connectivity index (χ0) is 11.9. The van der Waals surface area contributed by atoms with Gasteiger partial charge in [0.05, 0.1) is 26.2 Å². The van der Waals surface area contributed by atoms with Crippen LogP contribution in [0, 0.1) is 0 Å². The minimum absolute atomic E-state index is 0.0449. The number of hydrogen-bond donors (Lipinski definition) is 0. The summed E-state index contributed by atoms with van der Waals surface area (Å²) in [5.74, 6) is 0. The average molecular weight is 250 g/mol. The van der Waals surface area contributed by atoms with E-state index in [4.69, 9.17) is 0 Å². The molecule has 0 rings (SSSR count). The Labute approximate surface area is 86.3 Å². The Hall–Kier alpha value is -0.100. The highest BCUT2D eigenvalue weighted by Crippen LogP contribution is 2.49. The zero-order valence-corrected chi connectivity index (χ0v) is 9.44. The van der Waals surface area contributed by atoms with Crippen molar-refractivity contribution in [2.45, 2.75) is 26.4 Å². The third-order valence-corrected chi connectivity index (χ3v) is 2.86. The molecule has 0 aromatic heterocycles. The van der Waals surface area contributed by atoms with Crippen LogP contribution in [0.25, 0.3) is 0 Å².